The minimum atomic E-state index is 0.802. The maximum Gasteiger partial charge on any atom is 0.177 e. The zero-order chi connectivity index (χ0) is 14.4. The van der Waals surface area contributed by atoms with Crippen LogP contribution in [0.3, 0.4) is 0 Å². The molecule has 2 rings (SSSR count). The van der Waals surface area contributed by atoms with Crippen molar-refractivity contribution in [1.82, 2.24) is 14.5 Å². The van der Waals surface area contributed by atoms with Crippen LogP contribution in [0.25, 0.3) is 11.3 Å². The molecule has 1 N–H and O–H groups in total. The van der Waals surface area contributed by atoms with Crippen molar-refractivity contribution in [2.45, 2.75) is 26.8 Å². The molecule has 3 nitrogen and oxygen atoms in total. The third-order valence-electron chi connectivity index (χ3n) is 3.56. The smallest absolute Gasteiger partial charge is 0.177 e. The second-order valence-corrected chi connectivity index (χ2v) is 5.32. The molecule has 0 bridgehead atoms. The van der Waals surface area contributed by atoms with Gasteiger partial charge in [-0.2, -0.15) is 0 Å². The summed E-state index contributed by atoms with van der Waals surface area (Å²) in [5, 5.41) is 0. The Kier molecular flexibility index (Phi) is 5.56. The monoisotopic (exact) mass is 289 g/mol. The number of nitrogens with one attached hydrogen (secondary N) is 1. The molecule has 1 heterocycles. The van der Waals surface area contributed by atoms with Crippen LogP contribution in [0.2, 0.25) is 0 Å². The maximum absolute atomic E-state index is 5.41. The number of likely N-dealkylation sites (N-methyl/N-ethyl adjacent to an activating group) is 1. The fourth-order valence-electron chi connectivity index (χ4n) is 2.45. The average molecular weight is 289 g/mol. The Morgan fingerprint density at radius 3 is 2.55 bits per heavy atom. The molecule has 108 valence electrons. The lowest BCUT2D eigenvalue weighted by molar-refractivity contribution is 0.276. The number of rotatable bonds is 7. The Morgan fingerprint density at radius 2 is 1.90 bits per heavy atom. The average Bonchev–Trinajstić information content (AvgIpc) is 2.85. The number of imidazole rings is 1. The number of H-pyrrole nitrogens is 1. The summed E-state index contributed by atoms with van der Waals surface area (Å²) in [5.41, 5.74) is 2.38. The van der Waals surface area contributed by atoms with Gasteiger partial charge in [-0.25, -0.2) is 0 Å². The van der Waals surface area contributed by atoms with Crippen LogP contribution in [0.15, 0.2) is 36.5 Å². The number of nitrogens with zero attached hydrogens (tertiary/aromatic N) is 2. The van der Waals surface area contributed by atoms with Crippen molar-refractivity contribution < 1.29 is 0 Å². The van der Waals surface area contributed by atoms with Crippen LogP contribution in [0.5, 0.6) is 0 Å². The molecule has 0 amide bonds. The first-order chi connectivity index (χ1) is 9.76. The lowest BCUT2D eigenvalue weighted by Gasteiger charge is -2.20. The highest BCUT2D eigenvalue weighted by atomic mass is 32.1. The van der Waals surface area contributed by atoms with E-state index < -0.39 is 0 Å². The Bertz CT molecular complexity index is 571. The van der Waals surface area contributed by atoms with Crippen LogP contribution >= 0.6 is 12.2 Å². The lowest BCUT2D eigenvalue weighted by Crippen LogP contribution is -2.28. The van der Waals surface area contributed by atoms with Crippen LogP contribution < -0.4 is 0 Å². The van der Waals surface area contributed by atoms with E-state index in [2.05, 4.69) is 52.6 Å². The number of benzene rings is 1. The molecule has 0 fully saturated rings. The van der Waals surface area contributed by atoms with Gasteiger partial charge in [-0.15, -0.1) is 0 Å². The molecule has 0 aliphatic rings. The van der Waals surface area contributed by atoms with Crippen LogP contribution in [-0.4, -0.2) is 34.1 Å². The predicted octanol–water partition coefficient (Wildman–Crippen LogP) is 3.94. The first-order valence-corrected chi connectivity index (χ1v) is 7.73. The third-order valence-corrected chi connectivity index (χ3v) is 3.90. The van der Waals surface area contributed by atoms with E-state index in [1.54, 1.807) is 0 Å². The van der Waals surface area contributed by atoms with E-state index in [1.165, 1.54) is 17.7 Å². The molecule has 1 aromatic heterocycles. The van der Waals surface area contributed by atoms with Crippen LogP contribution in [0.4, 0.5) is 0 Å². The van der Waals surface area contributed by atoms with Gasteiger partial charge in [0.05, 0.1) is 5.69 Å². The van der Waals surface area contributed by atoms with Crippen molar-refractivity contribution in [2.75, 3.05) is 19.6 Å². The van der Waals surface area contributed by atoms with E-state index in [-0.39, 0.29) is 0 Å². The van der Waals surface area contributed by atoms with E-state index >= 15 is 0 Å². The van der Waals surface area contributed by atoms with E-state index in [0.29, 0.717) is 0 Å². The molecule has 0 spiro atoms. The molecular weight excluding hydrogens is 266 g/mol. The number of hydrogen-bond donors (Lipinski definition) is 1. The summed E-state index contributed by atoms with van der Waals surface area (Å²) in [4.78, 5) is 5.63. The molecule has 0 atom stereocenters. The third kappa shape index (κ3) is 3.58. The summed E-state index contributed by atoms with van der Waals surface area (Å²) in [6.45, 7) is 8.64. The number of hydrogen-bond acceptors (Lipinski definition) is 2. The van der Waals surface area contributed by atoms with Gasteiger partial charge in [0.1, 0.15) is 0 Å². The van der Waals surface area contributed by atoms with Gasteiger partial charge in [0.25, 0.3) is 0 Å². The molecule has 2 aromatic rings. The van der Waals surface area contributed by atoms with Gasteiger partial charge < -0.3 is 14.5 Å². The quantitative estimate of drug-likeness (QED) is 0.781. The topological polar surface area (TPSA) is 24.0 Å². The molecule has 0 saturated carbocycles. The summed E-state index contributed by atoms with van der Waals surface area (Å²) in [7, 11) is 0. The second-order valence-electron chi connectivity index (χ2n) is 4.93. The zero-order valence-corrected chi connectivity index (χ0v) is 13.1. The zero-order valence-electron chi connectivity index (χ0n) is 12.3. The molecule has 0 unspecified atom stereocenters. The van der Waals surface area contributed by atoms with Gasteiger partial charge >= 0.3 is 0 Å². The van der Waals surface area contributed by atoms with Crippen LogP contribution in [0.1, 0.15) is 20.3 Å². The van der Waals surface area contributed by atoms with Crippen molar-refractivity contribution in [1.29, 1.82) is 0 Å². The summed E-state index contributed by atoms with van der Waals surface area (Å²) in [6, 6.07) is 10.4. The Balaban J connectivity index is 2.16. The van der Waals surface area contributed by atoms with Gasteiger partial charge in [-0.1, -0.05) is 44.2 Å². The Labute approximate surface area is 126 Å². The molecule has 0 radical (unpaired) electrons. The van der Waals surface area contributed by atoms with Gasteiger partial charge in [0.15, 0.2) is 4.77 Å². The minimum absolute atomic E-state index is 0.802. The van der Waals surface area contributed by atoms with Gasteiger partial charge in [-0.05, 0) is 37.3 Å². The van der Waals surface area contributed by atoms with Crippen molar-refractivity contribution in [3.8, 4) is 11.3 Å². The van der Waals surface area contributed by atoms with E-state index in [4.69, 9.17) is 12.2 Å². The van der Waals surface area contributed by atoms with Crippen LogP contribution in [-0.2, 0) is 6.54 Å². The second kappa shape index (κ2) is 7.41. The maximum atomic E-state index is 5.41. The van der Waals surface area contributed by atoms with Crippen molar-refractivity contribution in [2.24, 2.45) is 0 Å². The molecule has 1 aromatic carbocycles. The molecule has 4 heteroatoms. The first-order valence-electron chi connectivity index (χ1n) is 7.32. The highest BCUT2D eigenvalue weighted by molar-refractivity contribution is 7.71. The van der Waals surface area contributed by atoms with Crippen molar-refractivity contribution >= 4 is 12.2 Å². The fourth-order valence-corrected chi connectivity index (χ4v) is 2.70. The Hall–Kier alpha value is -1.39. The van der Waals surface area contributed by atoms with Crippen molar-refractivity contribution in [3.05, 3.63) is 41.3 Å². The summed E-state index contributed by atoms with van der Waals surface area (Å²) in [6.07, 6.45) is 3.20. The standard InChI is InChI=1S/C16H23N3S/c1-3-10-18(4-2)11-12-19-15(13-17-16(19)20)14-8-6-5-7-9-14/h5-9,13H,3-4,10-12H2,1-2H3,(H,17,20). The number of aromatic nitrogens is 2. The first kappa shape index (κ1) is 15.0. The predicted molar refractivity (Wildman–Crippen MR) is 87.5 cm³/mol. The summed E-state index contributed by atoms with van der Waals surface area (Å²) >= 11 is 5.41. The van der Waals surface area contributed by atoms with Gasteiger partial charge in [0, 0.05) is 19.3 Å². The molecule has 0 aliphatic heterocycles. The Morgan fingerprint density at radius 1 is 1.15 bits per heavy atom. The molecule has 0 saturated heterocycles. The minimum Gasteiger partial charge on any atom is -0.337 e. The largest absolute Gasteiger partial charge is 0.337 e. The molecular formula is C16H23N3S. The lowest BCUT2D eigenvalue weighted by atomic mass is 10.2. The fraction of sp³-hybridized carbons (Fsp3) is 0.438. The molecule has 20 heavy (non-hydrogen) atoms. The summed E-state index contributed by atoms with van der Waals surface area (Å²) < 4.78 is 3.00. The van der Waals surface area contributed by atoms with E-state index in [9.17, 15) is 0 Å². The molecule has 0 aliphatic carbocycles. The normalized spacial score (nSPS) is 11.2. The number of aromatic amines is 1. The summed E-state index contributed by atoms with van der Waals surface area (Å²) in [5.74, 6) is 0. The van der Waals surface area contributed by atoms with Crippen LogP contribution in [0, 0.1) is 4.77 Å². The van der Waals surface area contributed by atoms with E-state index in [0.717, 1.165) is 31.0 Å². The highest BCUT2D eigenvalue weighted by Crippen LogP contribution is 2.19. The van der Waals surface area contributed by atoms with Crippen molar-refractivity contribution in [3.63, 3.8) is 0 Å². The highest BCUT2D eigenvalue weighted by Gasteiger charge is 2.08. The van der Waals surface area contributed by atoms with Gasteiger partial charge in [0.2, 0.25) is 0 Å². The SMILES string of the molecule is CCCN(CC)CCn1c(-c2ccccc2)c[nH]c1=S. The van der Waals surface area contributed by atoms with Gasteiger partial charge in [-0.3, -0.25) is 0 Å². The van der Waals surface area contributed by atoms with E-state index in [1.807, 2.05) is 12.3 Å².